The molecule has 1 aromatic carbocycles. The number of hydrogen-bond acceptors (Lipinski definition) is 4. The van der Waals surface area contributed by atoms with Gasteiger partial charge >= 0.3 is 6.18 Å². The molecule has 0 spiro atoms. The molecule has 1 heterocycles. The van der Waals surface area contributed by atoms with E-state index in [4.69, 9.17) is 34.2 Å². The number of nitrogens with zero attached hydrogens (tertiary/aromatic N) is 3. The van der Waals surface area contributed by atoms with Crippen molar-refractivity contribution in [1.82, 2.24) is 4.90 Å². The van der Waals surface area contributed by atoms with Gasteiger partial charge in [0, 0.05) is 22.2 Å². The second-order valence-corrected chi connectivity index (χ2v) is 6.36. The minimum atomic E-state index is -4.57. The molecule has 0 amide bonds. The normalized spacial score (nSPS) is 19.0. The third-order valence-corrected chi connectivity index (χ3v) is 4.64. The van der Waals surface area contributed by atoms with Gasteiger partial charge in [-0.1, -0.05) is 23.2 Å². The predicted molar refractivity (Wildman–Crippen MR) is 87.2 cm³/mol. The van der Waals surface area contributed by atoms with E-state index < -0.39 is 17.8 Å². The molecule has 0 radical (unpaired) electrons. The third-order valence-electron chi connectivity index (χ3n) is 4.01. The first-order chi connectivity index (χ1) is 11.7. The van der Waals surface area contributed by atoms with Crippen LogP contribution in [0.1, 0.15) is 36.4 Å². The van der Waals surface area contributed by atoms with Crippen LogP contribution < -0.4 is 5.73 Å². The molecule has 0 bridgehead atoms. The monoisotopic (exact) mass is 388 g/mol. The molecule has 1 atom stereocenters. The summed E-state index contributed by atoms with van der Waals surface area (Å²) in [5, 5.41) is 18.0. The van der Waals surface area contributed by atoms with E-state index in [0.29, 0.717) is 18.5 Å². The molecule has 1 aromatic rings. The van der Waals surface area contributed by atoms with Crippen LogP contribution in [0.15, 0.2) is 23.5 Å². The van der Waals surface area contributed by atoms with Crippen LogP contribution >= 0.6 is 23.2 Å². The zero-order valence-corrected chi connectivity index (χ0v) is 14.4. The second kappa shape index (κ2) is 7.43. The average Bonchev–Trinajstić information content (AvgIpc) is 2.55. The maximum Gasteiger partial charge on any atom is 0.416 e. The topological polar surface area (TPSA) is 76.8 Å². The van der Waals surface area contributed by atoms with Gasteiger partial charge in [0.1, 0.15) is 17.8 Å². The molecule has 2 rings (SSSR count). The molecule has 1 aliphatic rings. The van der Waals surface area contributed by atoms with Gasteiger partial charge in [0.25, 0.3) is 0 Å². The summed E-state index contributed by atoms with van der Waals surface area (Å²) in [6.07, 6.45) is -2.52. The SMILES string of the molecule is N#C/C(N)=C(\C#N)N1CCCCC1c1c(Cl)cc(C(F)(F)F)cc1Cl. The quantitative estimate of drug-likeness (QED) is 0.741. The fraction of sp³-hybridized carbons (Fsp3) is 0.375. The molecular formula is C16H13Cl2F3N4. The van der Waals surface area contributed by atoms with Gasteiger partial charge in [-0.05, 0) is 31.4 Å². The summed E-state index contributed by atoms with van der Waals surface area (Å²) in [4.78, 5) is 1.59. The number of nitrogens with two attached hydrogens (primary N) is 1. The van der Waals surface area contributed by atoms with E-state index >= 15 is 0 Å². The molecule has 2 N–H and O–H groups in total. The molecule has 132 valence electrons. The average molecular weight is 389 g/mol. The largest absolute Gasteiger partial charge is 0.416 e. The number of halogens is 5. The van der Waals surface area contributed by atoms with Crippen LogP contribution in [-0.4, -0.2) is 11.4 Å². The summed E-state index contributed by atoms with van der Waals surface area (Å²) < 4.78 is 38.7. The number of piperidine rings is 1. The Hall–Kier alpha value is -2.09. The number of alkyl halides is 3. The smallest absolute Gasteiger partial charge is 0.388 e. The molecule has 1 saturated heterocycles. The van der Waals surface area contributed by atoms with Crippen molar-refractivity contribution < 1.29 is 13.2 Å². The summed E-state index contributed by atoms with van der Waals surface area (Å²) in [5.41, 5.74) is 4.67. The van der Waals surface area contributed by atoms with Crippen LogP contribution in [0.25, 0.3) is 0 Å². The molecule has 9 heteroatoms. The highest BCUT2D eigenvalue weighted by atomic mass is 35.5. The summed E-state index contributed by atoms with van der Waals surface area (Å²) in [6, 6.07) is 4.72. The molecule has 25 heavy (non-hydrogen) atoms. The van der Waals surface area contributed by atoms with E-state index in [9.17, 15) is 18.4 Å². The first-order valence-corrected chi connectivity index (χ1v) is 8.09. The van der Waals surface area contributed by atoms with Crippen LogP contribution in [0, 0.1) is 22.7 Å². The number of allylic oxidation sites excluding steroid dienone is 2. The van der Waals surface area contributed by atoms with E-state index in [1.165, 1.54) is 0 Å². The van der Waals surface area contributed by atoms with E-state index in [2.05, 4.69) is 0 Å². The highest BCUT2D eigenvalue weighted by Crippen LogP contribution is 2.43. The van der Waals surface area contributed by atoms with Gasteiger partial charge in [0.15, 0.2) is 5.70 Å². The van der Waals surface area contributed by atoms with Crippen molar-refractivity contribution in [3.05, 3.63) is 44.7 Å². The molecule has 0 aromatic heterocycles. The first-order valence-electron chi connectivity index (χ1n) is 7.33. The number of benzene rings is 1. The van der Waals surface area contributed by atoms with Gasteiger partial charge in [-0.2, -0.15) is 23.7 Å². The zero-order chi connectivity index (χ0) is 18.8. The minimum absolute atomic E-state index is 0.0285. The zero-order valence-electron chi connectivity index (χ0n) is 12.9. The van der Waals surface area contributed by atoms with Crippen molar-refractivity contribution >= 4 is 23.2 Å². The van der Waals surface area contributed by atoms with Crippen LogP contribution in [-0.2, 0) is 6.18 Å². The Morgan fingerprint density at radius 2 is 1.76 bits per heavy atom. The van der Waals surface area contributed by atoms with Crippen molar-refractivity contribution in [3.8, 4) is 12.1 Å². The van der Waals surface area contributed by atoms with Crippen molar-refractivity contribution in [3.63, 3.8) is 0 Å². The number of hydrogen-bond donors (Lipinski definition) is 1. The molecule has 1 aliphatic heterocycles. The molecule has 4 nitrogen and oxygen atoms in total. The van der Waals surface area contributed by atoms with Crippen LogP contribution in [0.3, 0.4) is 0 Å². The first kappa shape index (κ1) is 19.2. The van der Waals surface area contributed by atoms with Crippen molar-refractivity contribution in [2.75, 3.05) is 6.54 Å². The summed E-state index contributed by atoms with van der Waals surface area (Å²) in [5.74, 6) is 0. The maximum atomic E-state index is 12.9. The van der Waals surface area contributed by atoms with Gasteiger partial charge in [0.2, 0.25) is 0 Å². The maximum absolute atomic E-state index is 12.9. The van der Waals surface area contributed by atoms with Crippen molar-refractivity contribution in [1.29, 1.82) is 10.5 Å². The lowest BCUT2D eigenvalue weighted by Gasteiger charge is -2.38. The van der Waals surface area contributed by atoms with Gasteiger partial charge in [-0.15, -0.1) is 0 Å². The highest BCUT2D eigenvalue weighted by Gasteiger charge is 2.35. The summed E-state index contributed by atoms with van der Waals surface area (Å²) >= 11 is 12.2. The van der Waals surface area contributed by atoms with Crippen LogP contribution in [0.2, 0.25) is 10.0 Å². The number of rotatable bonds is 2. The predicted octanol–water partition coefficient (Wildman–Crippen LogP) is 4.76. The Balaban J connectivity index is 2.56. The molecule has 0 saturated carbocycles. The van der Waals surface area contributed by atoms with Crippen LogP contribution in [0.4, 0.5) is 13.2 Å². The number of nitriles is 2. The summed E-state index contributed by atoms with van der Waals surface area (Å²) in [6.45, 7) is 0.420. The van der Waals surface area contributed by atoms with E-state index in [1.807, 2.05) is 6.07 Å². The Kier molecular flexibility index (Phi) is 5.72. The van der Waals surface area contributed by atoms with Crippen LogP contribution in [0.5, 0.6) is 0 Å². The van der Waals surface area contributed by atoms with Crippen molar-refractivity contribution in [2.24, 2.45) is 5.73 Å². The van der Waals surface area contributed by atoms with Gasteiger partial charge in [-0.25, -0.2) is 0 Å². The van der Waals surface area contributed by atoms with Gasteiger partial charge < -0.3 is 10.6 Å². The Labute approximate surface area is 152 Å². The molecule has 1 unspecified atom stereocenters. The van der Waals surface area contributed by atoms with Gasteiger partial charge in [0.05, 0.1) is 11.6 Å². The van der Waals surface area contributed by atoms with E-state index in [-0.39, 0.29) is 21.4 Å². The fourth-order valence-corrected chi connectivity index (χ4v) is 3.64. The lowest BCUT2D eigenvalue weighted by molar-refractivity contribution is -0.137. The lowest BCUT2D eigenvalue weighted by atomic mass is 9.93. The molecular weight excluding hydrogens is 376 g/mol. The number of likely N-dealkylation sites (tertiary alicyclic amines) is 1. The second-order valence-electron chi connectivity index (χ2n) is 5.54. The van der Waals surface area contributed by atoms with E-state index in [1.54, 1.807) is 11.0 Å². The molecule has 0 aliphatic carbocycles. The van der Waals surface area contributed by atoms with Crippen molar-refractivity contribution in [2.45, 2.75) is 31.5 Å². The minimum Gasteiger partial charge on any atom is -0.388 e. The fourth-order valence-electron chi connectivity index (χ4n) is 2.90. The van der Waals surface area contributed by atoms with Gasteiger partial charge in [-0.3, -0.25) is 0 Å². The third kappa shape index (κ3) is 3.95. The molecule has 1 fully saturated rings. The lowest BCUT2D eigenvalue weighted by Crippen LogP contribution is -2.34. The Bertz CT molecular complexity index is 767. The van der Waals surface area contributed by atoms with E-state index in [0.717, 1.165) is 25.0 Å². The summed E-state index contributed by atoms with van der Waals surface area (Å²) in [7, 11) is 0. The standard InChI is InChI=1S/C16H13Cl2F3N4/c17-10-5-9(16(19,20)21)6-11(18)15(10)13-3-1-2-4-25(13)14(8-23)12(24)7-22/h5-6,13H,1-4,24H2/b14-12-. The highest BCUT2D eigenvalue weighted by molar-refractivity contribution is 6.36. The Morgan fingerprint density at radius 3 is 2.24 bits per heavy atom. The Morgan fingerprint density at radius 1 is 1.16 bits per heavy atom.